The van der Waals surface area contributed by atoms with Crippen molar-refractivity contribution in [2.75, 3.05) is 11.4 Å². The van der Waals surface area contributed by atoms with Crippen LogP contribution in [0.3, 0.4) is 0 Å². The zero-order valence-corrected chi connectivity index (χ0v) is 15.5. The van der Waals surface area contributed by atoms with Crippen molar-refractivity contribution in [3.05, 3.63) is 57.5 Å². The molecule has 0 saturated carbocycles. The van der Waals surface area contributed by atoms with Gasteiger partial charge >= 0.3 is 0 Å². The zero-order chi connectivity index (χ0) is 15.1. The molecule has 2 aromatic carbocycles. The van der Waals surface area contributed by atoms with Crippen LogP contribution in [0.15, 0.2) is 57.5 Å². The first-order valence-corrected chi connectivity index (χ1v) is 9.08. The van der Waals surface area contributed by atoms with E-state index in [4.69, 9.17) is 0 Å². The van der Waals surface area contributed by atoms with Crippen LogP contribution in [0.25, 0.3) is 0 Å². The Morgan fingerprint density at radius 1 is 0.714 bits per heavy atom. The summed E-state index contributed by atoms with van der Waals surface area (Å²) in [5.41, 5.74) is 2.49. The second kappa shape index (κ2) is 8.60. The van der Waals surface area contributed by atoms with Crippen molar-refractivity contribution >= 4 is 43.2 Å². The number of halogens is 2. The smallest absolute Gasteiger partial charge is 0.0411 e. The van der Waals surface area contributed by atoms with Gasteiger partial charge in [0.25, 0.3) is 0 Å². The van der Waals surface area contributed by atoms with E-state index in [0.29, 0.717) is 0 Å². The molecule has 0 aromatic heterocycles. The molecule has 0 atom stereocenters. The van der Waals surface area contributed by atoms with Crippen molar-refractivity contribution in [2.24, 2.45) is 0 Å². The summed E-state index contributed by atoms with van der Waals surface area (Å²) < 4.78 is 2.24. The molecular weight excluding hydrogens is 390 g/mol. The Balaban J connectivity index is 2.17. The Morgan fingerprint density at radius 2 is 1.19 bits per heavy atom. The van der Waals surface area contributed by atoms with Gasteiger partial charge in [0.15, 0.2) is 0 Å². The van der Waals surface area contributed by atoms with Gasteiger partial charge in [-0.05, 0) is 55.0 Å². The van der Waals surface area contributed by atoms with E-state index >= 15 is 0 Å². The van der Waals surface area contributed by atoms with Crippen LogP contribution >= 0.6 is 31.9 Å². The molecule has 0 aliphatic rings. The molecule has 21 heavy (non-hydrogen) atoms. The van der Waals surface area contributed by atoms with E-state index in [-0.39, 0.29) is 0 Å². The molecule has 0 radical (unpaired) electrons. The minimum Gasteiger partial charge on any atom is -0.341 e. The molecule has 0 spiro atoms. The standard InChI is InChI=1S/C18H21Br2N/c1-2-3-4-5-14-21(17-10-6-15(19)7-11-17)18-12-8-16(20)9-13-18/h6-13H,2-5,14H2,1H3. The average Bonchev–Trinajstić information content (AvgIpc) is 2.50. The van der Waals surface area contributed by atoms with Gasteiger partial charge in [0.2, 0.25) is 0 Å². The van der Waals surface area contributed by atoms with E-state index in [1.807, 2.05) is 0 Å². The van der Waals surface area contributed by atoms with Gasteiger partial charge in [0.05, 0.1) is 0 Å². The van der Waals surface area contributed by atoms with Gasteiger partial charge in [-0.15, -0.1) is 0 Å². The minimum absolute atomic E-state index is 1.06. The molecule has 3 heteroatoms. The maximum Gasteiger partial charge on any atom is 0.0411 e. The van der Waals surface area contributed by atoms with Crippen molar-refractivity contribution in [2.45, 2.75) is 32.6 Å². The molecule has 2 aromatic rings. The van der Waals surface area contributed by atoms with Gasteiger partial charge in [0.1, 0.15) is 0 Å². The van der Waals surface area contributed by atoms with Crippen LogP contribution in [0.2, 0.25) is 0 Å². The SMILES string of the molecule is CCCCCCN(c1ccc(Br)cc1)c1ccc(Br)cc1. The van der Waals surface area contributed by atoms with E-state index in [2.05, 4.69) is 92.2 Å². The molecule has 112 valence electrons. The predicted molar refractivity (Wildman–Crippen MR) is 99.4 cm³/mol. The third-order valence-electron chi connectivity index (χ3n) is 3.51. The number of hydrogen-bond acceptors (Lipinski definition) is 1. The number of unbranched alkanes of at least 4 members (excludes halogenated alkanes) is 3. The normalized spacial score (nSPS) is 10.6. The Kier molecular flexibility index (Phi) is 6.78. The molecule has 0 fully saturated rings. The highest BCUT2D eigenvalue weighted by Gasteiger charge is 2.09. The Bertz CT molecular complexity index is 489. The summed E-state index contributed by atoms with van der Waals surface area (Å²) in [5.74, 6) is 0. The number of anilines is 2. The van der Waals surface area contributed by atoms with Crippen molar-refractivity contribution in [1.29, 1.82) is 0 Å². The van der Waals surface area contributed by atoms with E-state index in [9.17, 15) is 0 Å². The van der Waals surface area contributed by atoms with Crippen molar-refractivity contribution in [3.8, 4) is 0 Å². The van der Waals surface area contributed by atoms with Crippen LogP contribution in [-0.2, 0) is 0 Å². The number of rotatable bonds is 7. The van der Waals surface area contributed by atoms with Gasteiger partial charge in [-0.3, -0.25) is 0 Å². The van der Waals surface area contributed by atoms with Crippen LogP contribution in [-0.4, -0.2) is 6.54 Å². The largest absolute Gasteiger partial charge is 0.341 e. The second-order valence-corrected chi connectivity index (χ2v) is 7.00. The molecule has 0 unspecified atom stereocenters. The van der Waals surface area contributed by atoms with Crippen molar-refractivity contribution in [3.63, 3.8) is 0 Å². The quantitative estimate of drug-likeness (QED) is 0.447. The lowest BCUT2D eigenvalue weighted by molar-refractivity contribution is 0.668. The zero-order valence-electron chi connectivity index (χ0n) is 12.4. The fourth-order valence-corrected chi connectivity index (χ4v) is 2.87. The van der Waals surface area contributed by atoms with Gasteiger partial charge in [-0.2, -0.15) is 0 Å². The van der Waals surface area contributed by atoms with E-state index < -0.39 is 0 Å². The van der Waals surface area contributed by atoms with Gasteiger partial charge in [-0.25, -0.2) is 0 Å². The molecule has 0 heterocycles. The van der Waals surface area contributed by atoms with Crippen molar-refractivity contribution in [1.82, 2.24) is 0 Å². The third kappa shape index (κ3) is 5.15. The summed E-state index contributed by atoms with van der Waals surface area (Å²) in [5, 5.41) is 0. The Morgan fingerprint density at radius 3 is 1.62 bits per heavy atom. The summed E-state index contributed by atoms with van der Waals surface area (Å²) >= 11 is 7.02. The summed E-state index contributed by atoms with van der Waals surface area (Å²) in [6, 6.07) is 17.1. The predicted octanol–water partition coefficient (Wildman–Crippen LogP) is 6.93. The van der Waals surface area contributed by atoms with E-state index in [1.165, 1.54) is 37.1 Å². The topological polar surface area (TPSA) is 3.24 Å². The number of hydrogen-bond donors (Lipinski definition) is 0. The highest BCUT2D eigenvalue weighted by Crippen LogP contribution is 2.28. The monoisotopic (exact) mass is 409 g/mol. The molecule has 0 saturated heterocycles. The van der Waals surface area contributed by atoms with Gasteiger partial charge in [0, 0.05) is 26.9 Å². The molecule has 2 rings (SSSR count). The molecule has 0 aliphatic carbocycles. The highest BCUT2D eigenvalue weighted by molar-refractivity contribution is 9.10. The van der Waals surface area contributed by atoms with Crippen LogP contribution in [0.1, 0.15) is 32.6 Å². The number of nitrogens with zero attached hydrogens (tertiary/aromatic N) is 1. The molecule has 0 aliphatic heterocycles. The molecule has 1 nitrogen and oxygen atoms in total. The van der Waals surface area contributed by atoms with Crippen LogP contribution < -0.4 is 4.90 Å². The molecular formula is C18H21Br2N. The summed E-state index contributed by atoms with van der Waals surface area (Å²) in [4.78, 5) is 2.40. The lowest BCUT2D eigenvalue weighted by atomic mass is 10.1. The third-order valence-corrected chi connectivity index (χ3v) is 4.57. The summed E-state index contributed by atoms with van der Waals surface area (Å²) in [7, 11) is 0. The summed E-state index contributed by atoms with van der Waals surface area (Å²) in [6.45, 7) is 3.31. The molecule has 0 bridgehead atoms. The first-order valence-electron chi connectivity index (χ1n) is 7.49. The maximum absolute atomic E-state index is 3.51. The Hall–Kier alpha value is -0.800. The molecule has 0 N–H and O–H groups in total. The van der Waals surface area contributed by atoms with Crippen LogP contribution in [0, 0.1) is 0 Å². The summed E-state index contributed by atoms with van der Waals surface area (Å²) in [6.07, 6.45) is 5.10. The second-order valence-electron chi connectivity index (χ2n) is 5.17. The van der Waals surface area contributed by atoms with Crippen LogP contribution in [0.4, 0.5) is 11.4 Å². The fraction of sp³-hybridized carbons (Fsp3) is 0.333. The number of benzene rings is 2. The van der Waals surface area contributed by atoms with Gasteiger partial charge < -0.3 is 4.90 Å². The highest BCUT2D eigenvalue weighted by atomic mass is 79.9. The average molecular weight is 411 g/mol. The van der Waals surface area contributed by atoms with Crippen molar-refractivity contribution < 1.29 is 0 Å². The van der Waals surface area contributed by atoms with E-state index in [1.54, 1.807) is 0 Å². The fourth-order valence-electron chi connectivity index (χ4n) is 2.35. The van der Waals surface area contributed by atoms with Crippen LogP contribution in [0.5, 0.6) is 0 Å². The maximum atomic E-state index is 3.51. The first-order chi connectivity index (χ1) is 10.2. The van der Waals surface area contributed by atoms with Gasteiger partial charge in [-0.1, -0.05) is 58.0 Å². The lowest BCUT2D eigenvalue weighted by Gasteiger charge is -2.25. The minimum atomic E-state index is 1.06. The first kappa shape index (κ1) is 16.6. The Labute approximate surface area is 144 Å². The lowest BCUT2D eigenvalue weighted by Crippen LogP contribution is -2.18. The van der Waals surface area contributed by atoms with E-state index in [0.717, 1.165) is 15.5 Å². The molecule has 0 amide bonds.